The second-order valence-corrected chi connectivity index (χ2v) is 8.76. The third-order valence-corrected chi connectivity index (χ3v) is 5.70. The van der Waals surface area contributed by atoms with E-state index in [0.717, 1.165) is 26.2 Å². The molecule has 29 heavy (non-hydrogen) atoms. The van der Waals surface area contributed by atoms with Gasteiger partial charge in [0.05, 0.1) is 16.0 Å². The van der Waals surface area contributed by atoms with Crippen molar-refractivity contribution in [3.8, 4) is 16.9 Å². The van der Waals surface area contributed by atoms with Crippen molar-refractivity contribution < 1.29 is 14.2 Å². The Morgan fingerprint density at radius 2 is 1.93 bits per heavy atom. The standard InChI is InChI=1S/C22H20BrClFNO2S/c1-13-8-19(25)17(15-6-4-3-5-7-15)11-20(13)26-29-21-10-16(23)9-18(24)22(21)28-12-14(2)27/h3-11,14,26-27H,12H2,1-2H3. The van der Waals surface area contributed by atoms with Crippen molar-refractivity contribution in [1.82, 2.24) is 0 Å². The molecule has 0 saturated heterocycles. The predicted molar refractivity (Wildman–Crippen MR) is 122 cm³/mol. The monoisotopic (exact) mass is 495 g/mol. The molecule has 7 heteroatoms. The molecule has 152 valence electrons. The van der Waals surface area contributed by atoms with Crippen LogP contribution in [0.4, 0.5) is 10.1 Å². The van der Waals surface area contributed by atoms with Gasteiger partial charge in [-0.3, -0.25) is 0 Å². The Hall–Kier alpha value is -1.73. The summed E-state index contributed by atoms with van der Waals surface area (Å²) in [6.07, 6.45) is -0.617. The van der Waals surface area contributed by atoms with Gasteiger partial charge in [-0.05, 0) is 61.2 Å². The van der Waals surface area contributed by atoms with Gasteiger partial charge in [0.25, 0.3) is 0 Å². The smallest absolute Gasteiger partial charge is 0.153 e. The van der Waals surface area contributed by atoms with Gasteiger partial charge in [-0.15, -0.1) is 0 Å². The number of ether oxygens (including phenoxy) is 1. The zero-order valence-electron chi connectivity index (χ0n) is 15.9. The van der Waals surface area contributed by atoms with E-state index in [-0.39, 0.29) is 12.4 Å². The number of aliphatic hydroxyl groups excluding tert-OH is 1. The fourth-order valence-electron chi connectivity index (χ4n) is 2.69. The van der Waals surface area contributed by atoms with Gasteiger partial charge in [-0.2, -0.15) is 0 Å². The zero-order valence-corrected chi connectivity index (χ0v) is 19.0. The molecule has 0 aliphatic heterocycles. The van der Waals surface area contributed by atoms with Crippen LogP contribution in [-0.4, -0.2) is 17.8 Å². The van der Waals surface area contributed by atoms with Crippen LogP contribution < -0.4 is 9.46 Å². The van der Waals surface area contributed by atoms with Crippen molar-refractivity contribution in [2.45, 2.75) is 24.8 Å². The minimum absolute atomic E-state index is 0.128. The third-order valence-electron chi connectivity index (χ3n) is 4.11. The highest BCUT2D eigenvalue weighted by molar-refractivity contribution is 9.10. The normalized spacial score (nSPS) is 11.9. The number of aryl methyl sites for hydroxylation is 1. The molecule has 3 aromatic rings. The van der Waals surface area contributed by atoms with E-state index in [9.17, 15) is 9.50 Å². The molecular formula is C22H20BrClFNO2S. The second-order valence-electron chi connectivity index (χ2n) is 6.59. The highest BCUT2D eigenvalue weighted by Gasteiger charge is 2.15. The van der Waals surface area contributed by atoms with E-state index >= 15 is 0 Å². The van der Waals surface area contributed by atoms with Crippen LogP contribution in [0.5, 0.6) is 5.75 Å². The maximum atomic E-state index is 14.5. The number of hydrogen-bond acceptors (Lipinski definition) is 4. The molecule has 0 aliphatic carbocycles. The zero-order chi connectivity index (χ0) is 21.0. The molecule has 0 spiro atoms. The molecular weight excluding hydrogens is 477 g/mol. The largest absolute Gasteiger partial charge is 0.488 e. The quantitative estimate of drug-likeness (QED) is 0.342. The molecule has 0 fully saturated rings. The molecule has 2 N–H and O–H groups in total. The summed E-state index contributed by atoms with van der Waals surface area (Å²) in [5.74, 6) is 0.215. The molecule has 0 heterocycles. The van der Waals surface area contributed by atoms with E-state index in [1.807, 2.05) is 43.3 Å². The Morgan fingerprint density at radius 1 is 1.21 bits per heavy atom. The first-order valence-electron chi connectivity index (χ1n) is 8.93. The van der Waals surface area contributed by atoms with Crippen molar-refractivity contribution in [2.75, 3.05) is 11.3 Å². The van der Waals surface area contributed by atoms with Crippen LogP contribution in [0, 0.1) is 12.7 Å². The summed E-state index contributed by atoms with van der Waals surface area (Å²) in [6.45, 7) is 3.62. The summed E-state index contributed by atoms with van der Waals surface area (Å²) in [5.41, 5.74) is 2.90. The van der Waals surface area contributed by atoms with E-state index in [1.54, 1.807) is 19.1 Å². The Balaban J connectivity index is 1.88. The minimum atomic E-state index is -0.617. The van der Waals surface area contributed by atoms with Crippen LogP contribution >= 0.6 is 39.5 Å². The number of halogens is 3. The Bertz CT molecular complexity index is 1000. The average Bonchev–Trinajstić information content (AvgIpc) is 2.67. The molecule has 0 aliphatic rings. The lowest BCUT2D eigenvalue weighted by Crippen LogP contribution is -2.13. The molecule has 1 unspecified atom stereocenters. The number of nitrogens with one attached hydrogen (secondary N) is 1. The molecule has 3 nitrogen and oxygen atoms in total. The van der Waals surface area contributed by atoms with Crippen molar-refractivity contribution in [1.29, 1.82) is 0 Å². The fourth-order valence-corrected chi connectivity index (χ4v) is 4.65. The highest BCUT2D eigenvalue weighted by atomic mass is 79.9. The van der Waals surface area contributed by atoms with Crippen molar-refractivity contribution in [3.05, 3.63) is 75.5 Å². The second kappa shape index (κ2) is 9.85. The third kappa shape index (κ3) is 5.66. The van der Waals surface area contributed by atoms with E-state index < -0.39 is 6.10 Å². The van der Waals surface area contributed by atoms with Gasteiger partial charge < -0.3 is 14.6 Å². The van der Waals surface area contributed by atoms with Crippen LogP contribution in [0.1, 0.15) is 12.5 Å². The van der Waals surface area contributed by atoms with Crippen molar-refractivity contribution in [2.24, 2.45) is 0 Å². The fraction of sp³-hybridized carbons (Fsp3) is 0.182. The van der Waals surface area contributed by atoms with Gasteiger partial charge in [0.1, 0.15) is 12.4 Å². The molecule has 0 bridgehead atoms. The number of rotatable bonds is 7. The van der Waals surface area contributed by atoms with Gasteiger partial charge in [0, 0.05) is 15.7 Å². The first-order valence-corrected chi connectivity index (χ1v) is 10.9. The van der Waals surface area contributed by atoms with Gasteiger partial charge >= 0.3 is 0 Å². The first kappa shape index (κ1) is 22.0. The van der Waals surface area contributed by atoms with Crippen LogP contribution in [0.3, 0.4) is 0 Å². The topological polar surface area (TPSA) is 41.5 Å². The number of benzene rings is 3. The minimum Gasteiger partial charge on any atom is -0.488 e. The van der Waals surface area contributed by atoms with Crippen molar-refractivity contribution >= 4 is 45.2 Å². The first-order chi connectivity index (χ1) is 13.8. The summed E-state index contributed by atoms with van der Waals surface area (Å²) in [6, 6.07) is 16.3. The predicted octanol–water partition coefficient (Wildman–Crippen LogP) is 7.10. The lowest BCUT2D eigenvalue weighted by Gasteiger charge is -2.16. The lowest BCUT2D eigenvalue weighted by atomic mass is 10.0. The molecule has 0 radical (unpaired) electrons. The maximum Gasteiger partial charge on any atom is 0.153 e. The van der Waals surface area contributed by atoms with Gasteiger partial charge in [0.2, 0.25) is 0 Å². The molecule has 0 amide bonds. The van der Waals surface area contributed by atoms with E-state index in [0.29, 0.717) is 16.3 Å². The molecule has 0 saturated carbocycles. The molecule has 1 atom stereocenters. The summed E-state index contributed by atoms with van der Waals surface area (Å²) in [5, 5.41) is 9.96. The summed E-state index contributed by atoms with van der Waals surface area (Å²) >= 11 is 11.1. The van der Waals surface area contributed by atoms with Crippen LogP contribution in [0.2, 0.25) is 5.02 Å². The Kier molecular flexibility index (Phi) is 7.46. The lowest BCUT2D eigenvalue weighted by molar-refractivity contribution is 0.121. The number of hydrogen-bond donors (Lipinski definition) is 2. The molecule has 3 rings (SSSR count). The van der Waals surface area contributed by atoms with E-state index in [2.05, 4.69) is 20.7 Å². The Labute approximate surface area is 187 Å². The van der Waals surface area contributed by atoms with E-state index in [4.69, 9.17) is 16.3 Å². The highest BCUT2D eigenvalue weighted by Crippen LogP contribution is 2.40. The number of aliphatic hydroxyl groups is 1. The SMILES string of the molecule is Cc1cc(F)c(-c2ccccc2)cc1NSc1cc(Br)cc(Cl)c1OCC(C)O. The summed E-state index contributed by atoms with van der Waals surface area (Å²) in [4.78, 5) is 0.745. The number of anilines is 1. The molecule has 3 aromatic carbocycles. The van der Waals surface area contributed by atoms with Crippen LogP contribution in [0.15, 0.2) is 64.0 Å². The average molecular weight is 497 g/mol. The molecule has 0 aromatic heterocycles. The van der Waals surface area contributed by atoms with Gasteiger partial charge in [0.15, 0.2) is 5.75 Å². The Morgan fingerprint density at radius 3 is 2.62 bits per heavy atom. The van der Waals surface area contributed by atoms with Gasteiger partial charge in [-0.1, -0.05) is 57.9 Å². The van der Waals surface area contributed by atoms with Crippen LogP contribution in [-0.2, 0) is 0 Å². The summed E-state index contributed by atoms with van der Waals surface area (Å²) < 4.78 is 24.3. The van der Waals surface area contributed by atoms with Gasteiger partial charge in [-0.25, -0.2) is 4.39 Å². The van der Waals surface area contributed by atoms with Crippen molar-refractivity contribution in [3.63, 3.8) is 0 Å². The summed E-state index contributed by atoms with van der Waals surface area (Å²) in [7, 11) is 0. The van der Waals surface area contributed by atoms with Crippen LogP contribution in [0.25, 0.3) is 11.1 Å². The maximum absolute atomic E-state index is 14.5. The van der Waals surface area contributed by atoms with E-state index in [1.165, 1.54) is 18.0 Å².